The lowest BCUT2D eigenvalue weighted by Gasteiger charge is -2.67. The third-order valence-electron chi connectivity index (χ3n) is 11.8. The van der Waals surface area contributed by atoms with Gasteiger partial charge in [0.1, 0.15) is 11.8 Å². The van der Waals surface area contributed by atoms with Crippen LogP contribution in [0.25, 0.3) is 0 Å². The Labute approximate surface area is 256 Å². The maximum atomic E-state index is 13.7. The molecule has 6 nitrogen and oxygen atoms in total. The normalized spacial score (nSPS) is 42.2. The Hall–Kier alpha value is -2.52. The van der Waals surface area contributed by atoms with E-state index < -0.39 is 39.1 Å². The molecule has 0 aromatic heterocycles. The molecular formula is C34H42F2N2O4S. The summed E-state index contributed by atoms with van der Waals surface area (Å²) in [7, 11) is 0. The van der Waals surface area contributed by atoms with Crippen LogP contribution in [0, 0.1) is 45.7 Å². The predicted octanol–water partition coefficient (Wildman–Crippen LogP) is 6.80. The lowest BCUT2D eigenvalue weighted by atomic mass is 9.38. The van der Waals surface area contributed by atoms with Crippen molar-refractivity contribution < 1.29 is 28.2 Å². The molecule has 9 heteroatoms. The first-order valence-corrected chi connectivity index (χ1v) is 16.4. The van der Waals surface area contributed by atoms with Crippen LogP contribution < -0.4 is 5.73 Å². The summed E-state index contributed by atoms with van der Waals surface area (Å²) in [6.07, 6.45) is 7.03. The highest BCUT2D eigenvalue weighted by molar-refractivity contribution is 8.13. The van der Waals surface area contributed by atoms with E-state index in [4.69, 9.17) is 15.5 Å². The number of aliphatic imine (C=N–C) groups is 1. The molecule has 0 aliphatic heterocycles. The SMILES string of the molecule is C[C@H]1C[C@]2(C)[C@H]([C@@H](O)C[C@@]3(C)[C@H]2CCC3(OC(=O)C2CC2)C(=O)SCF)[C@@]2(C)CC(=CN)C(=Nc3ccc(F)cc3)C=C12. The van der Waals surface area contributed by atoms with Gasteiger partial charge in [-0.2, -0.15) is 0 Å². The Morgan fingerprint density at radius 2 is 1.86 bits per heavy atom. The fraction of sp³-hybridized carbons (Fsp3) is 0.618. The van der Waals surface area contributed by atoms with Gasteiger partial charge in [0.25, 0.3) is 0 Å². The third-order valence-corrected chi connectivity index (χ3v) is 12.5. The van der Waals surface area contributed by atoms with Crippen molar-refractivity contribution in [2.24, 2.45) is 50.6 Å². The summed E-state index contributed by atoms with van der Waals surface area (Å²) in [5.74, 6) is -0.932. The zero-order chi connectivity index (χ0) is 30.9. The van der Waals surface area contributed by atoms with E-state index in [1.807, 2.05) is 6.92 Å². The Kier molecular flexibility index (Phi) is 7.48. The number of ether oxygens (including phenoxy) is 1. The number of rotatable bonds is 5. The molecule has 0 saturated heterocycles. The van der Waals surface area contributed by atoms with Gasteiger partial charge in [-0.25, -0.2) is 13.8 Å². The highest BCUT2D eigenvalue weighted by Crippen LogP contribution is 2.74. The van der Waals surface area contributed by atoms with E-state index in [1.54, 1.807) is 18.3 Å². The van der Waals surface area contributed by atoms with Crippen LogP contribution in [0.1, 0.15) is 72.6 Å². The smallest absolute Gasteiger partial charge is 0.309 e. The number of esters is 1. The maximum Gasteiger partial charge on any atom is 0.309 e. The zero-order valence-electron chi connectivity index (χ0n) is 25.4. The predicted molar refractivity (Wildman–Crippen MR) is 164 cm³/mol. The lowest BCUT2D eigenvalue weighted by molar-refractivity contribution is -0.218. The Morgan fingerprint density at radius 1 is 1.16 bits per heavy atom. The molecule has 3 N–H and O–H groups in total. The summed E-state index contributed by atoms with van der Waals surface area (Å²) < 4.78 is 33.3. The van der Waals surface area contributed by atoms with E-state index in [-0.39, 0.29) is 41.9 Å². The molecule has 0 radical (unpaired) electrons. The molecule has 5 aliphatic carbocycles. The summed E-state index contributed by atoms with van der Waals surface area (Å²) in [4.78, 5) is 31.6. The van der Waals surface area contributed by atoms with Gasteiger partial charge in [0.05, 0.1) is 23.4 Å². The molecule has 232 valence electrons. The standard InChI is InChI=1S/C34H42F2N2O4S/c1-19-14-32(3)27-11-12-34(30(41)43-18-35,42-29(40)20-5-6-20)33(27,4)16-26(39)28(32)31(2)15-21(17-37)25(13-24(19)31)38-23-9-7-22(36)8-10-23/h7-10,13,17,19-20,26-28,39H,5-6,11-12,14-16,18,37H2,1-4H3/t19-,26-,27-,28+,31-,32-,33-,34?/m0/s1. The molecule has 1 aromatic rings. The number of carbonyl (C=O) groups excluding carboxylic acids is 2. The van der Waals surface area contributed by atoms with Crippen molar-refractivity contribution in [3.05, 3.63) is 53.5 Å². The van der Waals surface area contributed by atoms with Crippen LogP contribution in [0.3, 0.4) is 0 Å². The van der Waals surface area contributed by atoms with Crippen molar-refractivity contribution in [2.75, 3.05) is 6.01 Å². The van der Waals surface area contributed by atoms with E-state index in [9.17, 15) is 23.5 Å². The number of aliphatic hydroxyl groups excluding tert-OH is 1. The van der Waals surface area contributed by atoms with Gasteiger partial charge in [-0.3, -0.25) is 9.59 Å². The van der Waals surface area contributed by atoms with Crippen molar-refractivity contribution in [1.82, 2.24) is 0 Å². The average molecular weight is 613 g/mol. The largest absolute Gasteiger partial charge is 0.449 e. The molecule has 4 saturated carbocycles. The van der Waals surface area contributed by atoms with E-state index in [0.717, 1.165) is 30.5 Å². The van der Waals surface area contributed by atoms with E-state index >= 15 is 0 Å². The van der Waals surface area contributed by atoms with Crippen LogP contribution in [0.5, 0.6) is 0 Å². The molecule has 0 spiro atoms. The molecule has 5 aliphatic rings. The maximum absolute atomic E-state index is 13.7. The number of aliphatic hydroxyl groups is 1. The minimum absolute atomic E-state index is 0.0232. The molecule has 0 bridgehead atoms. The van der Waals surface area contributed by atoms with Gasteiger partial charge < -0.3 is 15.6 Å². The van der Waals surface area contributed by atoms with E-state index in [0.29, 0.717) is 36.7 Å². The minimum atomic E-state index is -1.47. The summed E-state index contributed by atoms with van der Waals surface area (Å²) in [5, 5.41) is 11.7. The topological polar surface area (TPSA) is 102 Å². The van der Waals surface area contributed by atoms with Gasteiger partial charge in [0.15, 0.2) is 5.60 Å². The van der Waals surface area contributed by atoms with Crippen molar-refractivity contribution in [3.8, 4) is 0 Å². The van der Waals surface area contributed by atoms with Gasteiger partial charge in [0, 0.05) is 5.41 Å². The lowest BCUT2D eigenvalue weighted by Crippen LogP contribution is -2.66. The second-order valence-electron chi connectivity index (χ2n) is 14.3. The monoisotopic (exact) mass is 612 g/mol. The Morgan fingerprint density at radius 3 is 2.49 bits per heavy atom. The molecular weight excluding hydrogens is 570 g/mol. The van der Waals surface area contributed by atoms with Crippen molar-refractivity contribution in [1.29, 1.82) is 0 Å². The summed E-state index contributed by atoms with van der Waals surface area (Å²) >= 11 is 0.579. The van der Waals surface area contributed by atoms with Crippen LogP contribution in [0.2, 0.25) is 0 Å². The van der Waals surface area contributed by atoms with Crippen LogP contribution in [0.15, 0.2) is 52.7 Å². The number of alkyl halides is 1. The second-order valence-corrected chi connectivity index (χ2v) is 15.2. The Bertz CT molecular complexity index is 1420. The number of benzene rings is 1. The van der Waals surface area contributed by atoms with E-state index in [2.05, 4.69) is 26.8 Å². The molecule has 4 fully saturated rings. The highest BCUT2D eigenvalue weighted by Gasteiger charge is 2.74. The molecule has 8 atom stereocenters. The number of halogens is 2. The fourth-order valence-electron chi connectivity index (χ4n) is 10.2. The molecule has 6 rings (SSSR count). The molecule has 43 heavy (non-hydrogen) atoms. The van der Waals surface area contributed by atoms with Crippen LogP contribution >= 0.6 is 11.8 Å². The number of fused-ring (bicyclic) bond motifs is 5. The first-order valence-electron chi connectivity index (χ1n) is 15.4. The van der Waals surface area contributed by atoms with Gasteiger partial charge in [-0.15, -0.1) is 0 Å². The first kappa shape index (κ1) is 30.5. The van der Waals surface area contributed by atoms with Crippen molar-refractivity contribution >= 4 is 34.2 Å². The highest BCUT2D eigenvalue weighted by atomic mass is 32.2. The number of allylic oxidation sites excluding steroid dienone is 3. The number of hydrogen-bond donors (Lipinski definition) is 2. The first-order chi connectivity index (χ1) is 20.3. The van der Waals surface area contributed by atoms with Gasteiger partial charge in [-0.1, -0.05) is 33.3 Å². The van der Waals surface area contributed by atoms with Gasteiger partial charge in [0.2, 0.25) is 5.12 Å². The van der Waals surface area contributed by atoms with E-state index in [1.165, 1.54) is 17.7 Å². The summed E-state index contributed by atoms with van der Waals surface area (Å²) in [6, 6.07) is 5.16. The fourth-order valence-corrected chi connectivity index (χ4v) is 10.9. The van der Waals surface area contributed by atoms with Gasteiger partial charge in [-0.05, 0) is 127 Å². The quantitative estimate of drug-likeness (QED) is 0.355. The molecule has 1 aromatic carbocycles. The Balaban J connectivity index is 1.42. The second kappa shape index (κ2) is 10.5. The number of nitrogens with zero attached hydrogens (tertiary/aromatic N) is 1. The van der Waals surface area contributed by atoms with Crippen molar-refractivity contribution in [2.45, 2.75) is 84.3 Å². The third kappa shape index (κ3) is 4.54. The molecule has 0 heterocycles. The van der Waals surface area contributed by atoms with Gasteiger partial charge >= 0.3 is 5.97 Å². The molecule has 0 amide bonds. The number of hydrogen-bond acceptors (Lipinski definition) is 7. The van der Waals surface area contributed by atoms with Crippen molar-refractivity contribution in [3.63, 3.8) is 0 Å². The number of carbonyl (C=O) groups is 2. The molecule has 1 unspecified atom stereocenters. The average Bonchev–Trinajstić information content (AvgIpc) is 3.75. The van der Waals surface area contributed by atoms with Crippen LogP contribution in [0.4, 0.5) is 14.5 Å². The minimum Gasteiger partial charge on any atom is -0.449 e. The summed E-state index contributed by atoms with van der Waals surface area (Å²) in [6.45, 7) is 8.64. The number of nitrogens with two attached hydrogens (primary N) is 1. The van der Waals surface area contributed by atoms with Crippen LogP contribution in [-0.2, 0) is 14.3 Å². The zero-order valence-corrected chi connectivity index (χ0v) is 26.2. The summed E-state index contributed by atoms with van der Waals surface area (Å²) in [5.41, 5.74) is 6.51. The number of thioether (sulfide) groups is 1. The van der Waals surface area contributed by atoms with Crippen LogP contribution in [-0.4, -0.2) is 39.6 Å².